The van der Waals surface area contributed by atoms with Crippen molar-refractivity contribution in [3.8, 4) is 0 Å². The third-order valence-corrected chi connectivity index (χ3v) is 3.56. The van der Waals surface area contributed by atoms with Crippen molar-refractivity contribution in [1.82, 2.24) is 14.9 Å². The van der Waals surface area contributed by atoms with Gasteiger partial charge in [-0.25, -0.2) is 4.98 Å². The average Bonchev–Trinajstić information content (AvgIpc) is 2.47. The normalized spacial score (nSPS) is 22.6. The number of aliphatic hydroxyl groups excluding tert-OH is 1. The second kappa shape index (κ2) is 6.65. The summed E-state index contributed by atoms with van der Waals surface area (Å²) < 4.78 is 0. The van der Waals surface area contributed by atoms with Gasteiger partial charge in [0.2, 0.25) is 0 Å². The summed E-state index contributed by atoms with van der Waals surface area (Å²) in [6.07, 6.45) is 4.40. The number of aliphatic hydroxyl groups is 1. The summed E-state index contributed by atoms with van der Waals surface area (Å²) in [5.74, 6) is 0.612. The molecule has 2 unspecified atom stereocenters. The number of hydrogen-bond acceptors (Lipinski definition) is 5. The molecular weight excluding hydrogens is 256 g/mol. The van der Waals surface area contributed by atoms with E-state index in [1.807, 2.05) is 6.92 Å². The van der Waals surface area contributed by atoms with Gasteiger partial charge in [-0.05, 0) is 18.8 Å². The second-order valence-corrected chi connectivity index (χ2v) is 5.30. The lowest BCUT2D eigenvalue weighted by molar-refractivity contribution is 0.0294. The minimum absolute atomic E-state index is 0.0991. The van der Waals surface area contributed by atoms with Crippen LogP contribution >= 0.6 is 0 Å². The standard InChI is InChI=1S/C14H22N4O2/c1-3-5-16-13-8-15-7-11(17-13)14(20)18-6-4-12(19)10(2)9-18/h7-8,10,12,19H,3-6,9H2,1-2H3,(H,16,17). The molecule has 6 heteroatoms. The van der Waals surface area contributed by atoms with Crippen LogP contribution in [0.25, 0.3) is 0 Å². The predicted molar refractivity (Wildman–Crippen MR) is 76.5 cm³/mol. The Bertz CT molecular complexity index is 466. The molecule has 2 rings (SSSR count). The van der Waals surface area contributed by atoms with E-state index >= 15 is 0 Å². The third kappa shape index (κ3) is 3.45. The fourth-order valence-corrected chi connectivity index (χ4v) is 2.29. The minimum atomic E-state index is -0.317. The Morgan fingerprint density at radius 2 is 2.35 bits per heavy atom. The van der Waals surface area contributed by atoms with Crippen LogP contribution in [0.5, 0.6) is 0 Å². The molecule has 1 aliphatic rings. The van der Waals surface area contributed by atoms with E-state index in [2.05, 4.69) is 22.2 Å². The van der Waals surface area contributed by atoms with E-state index in [9.17, 15) is 9.90 Å². The SMILES string of the molecule is CCCNc1cncc(C(=O)N2CCC(O)C(C)C2)n1. The van der Waals surface area contributed by atoms with Gasteiger partial charge in [0.05, 0.1) is 18.5 Å². The minimum Gasteiger partial charge on any atom is -0.393 e. The molecule has 1 amide bonds. The smallest absolute Gasteiger partial charge is 0.274 e. The Morgan fingerprint density at radius 3 is 3.05 bits per heavy atom. The van der Waals surface area contributed by atoms with E-state index in [1.54, 1.807) is 11.1 Å². The van der Waals surface area contributed by atoms with E-state index in [1.165, 1.54) is 6.20 Å². The molecule has 2 atom stereocenters. The molecule has 0 spiro atoms. The summed E-state index contributed by atoms with van der Waals surface area (Å²) in [4.78, 5) is 22.5. The van der Waals surface area contributed by atoms with Crippen molar-refractivity contribution in [2.75, 3.05) is 25.0 Å². The van der Waals surface area contributed by atoms with Crippen molar-refractivity contribution in [3.63, 3.8) is 0 Å². The van der Waals surface area contributed by atoms with Crippen molar-refractivity contribution in [1.29, 1.82) is 0 Å². The van der Waals surface area contributed by atoms with E-state index in [0.29, 0.717) is 31.0 Å². The first-order valence-electron chi connectivity index (χ1n) is 7.15. The van der Waals surface area contributed by atoms with Crippen LogP contribution in [-0.2, 0) is 0 Å². The summed E-state index contributed by atoms with van der Waals surface area (Å²) in [7, 11) is 0. The number of rotatable bonds is 4. The van der Waals surface area contributed by atoms with Gasteiger partial charge in [0.25, 0.3) is 5.91 Å². The molecule has 2 N–H and O–H groups in total. The van der Waals surface area contributed by atoms with Crippen LogP contribution < -0.4 is 5.32 Å². The lowest BCUT2D eigenvalue weighted by atomic mass is 9.96. The highest BCUT2D eigenvalue weighted by Gasteiger charge is 2.28. The molecule has 0 aliphatic carbocycles. The van der Waals surface area contributed by atoms with E-state index < -0.39 is 0 Å². The summed E-state index contributed by atoms with van der Waals surface area (Å²) in [6.45, 7) is 5.96. The highest BCUT2D eigenvalue weighted by atomic mass is 16.3. The molecule has 1 saturated heterocycles. The van der Waals surface area contributed by atoms with E-state index in [-0.39, 0.29) is 17.9 Å². The van der Waals surface area contributed by atoms with E-state index in [0.717, 1.165) is 13.0 Å². The van der Waals surface area contributed by atoms with Crippen LogP contribution in [0.2, 0.25) is 0 Å². The van der Waals surface area contributed by atoms with Crippen LogP contribution in [0.3, 0.4) is 0 Å². The Kier molecular flexibility index (Phi) is 4.89. The Hall–Kier alpha value is -1.69. The van der Waals surface area contributed by atoms with Gasteiger partial charge in [0, 0.05) is 19.6 Å². The molecule has 0 bridgehead atoms. The number of aromatic nitrogens is 2. The summed E-state index contributed by atoms with van der Waals surface area (Å²) >= 11 is 0. The summed E-state index contributed by atoms with van der Waals surface area (Å²) in [5, 5.41) is 12.8. The van der Waals surface area contributed by atoms with Crippen molar-refractivity contribution < 1.29 is 9.90 Å². The number of nitrogens with zero attached hydrogens (tertiary/aromatic N) is 3. The van der Waals surface area contributed by atoms with E-state index in [4.69, 9.17) is 0 Å². The van der Waals surface area contributed by atoms with Crippen molar-refractivity contribution >= 4 is 11.7 Å². The highest BCUT2D eigenvalue weighted by Crippen LogP contribution is 2.18. The van der Waals surface area contributed by atoms with Crippen molar-refractivity contribution in [2.24, 2.45) is 5.92 Å². The number of hydrogen-bond donors (Lipinski definition) is 2. The number of likely N-dealkylation sites (tertiary alicyclic amines) is 1. The molecule has 1 aliphatic heterocycles. The number of anilines is 1. The van der Waals surface area contributed by atoms with Gasteiger partial charge in [-0.3, -0.25) is 9.78 Å². The number of amides is 1. The molecule has 0 radical (unpaired) electrons. The average molecular weight is 278 g/mol. The molecule has 6 nitrogen and oxygen atoms in total. The zero-order chi connectivity index (χ0) is 14.5. The predicted octanol–water partition coefficient (Wildman–Crippen LogP) is 1.14. The number of carbonyl (C=O) groups excluding carboxylic acids is 1. The van der Waals surface area contributed by atoms with Gasteiger partial charge < -0.3 is 15.3 Å². The van der Waals surface area contributed by atoms with Crippen molar-refractivity contribution in [3.05, 3.63) is 18.1 Å². The number of carbonyl (C=O) groups is 1. The van der Waals surface area contributed by atoms with Crippen LogP contribution in [0.1, 0.15) is 37.2 Å². The molecule has 0 aromatic carbocycles. The maximum Gasteiger partial charge on any atom is 0.274 e. The summed E-state index contributed by atoms with van der Waals surface area (Å²) in [6, 6.07) is 0. The zero-order valence-corrected chi connectivity index (χ0v) is 12.0. The monoisotopic (exact) mass is 278 g/mol. The molecule has 1 aromatic rings. The summed E-state index contributed by atoms with van der Waals surface area (Å²) in [5.41, 5.74) is 0.356. The van der Waals surface area contributed by atoms with Crippen molar-refractivity contribution in [2.45, 2.75) is 32.8 Å². The number of nitrogens with one attached hydrogen (secondary N) is 1. The Labute approximate surface area is 119 Å². The van der Waals surface area contributed by atoms with Crippen LogP contribution in [0.4, 0.5) is 5.82 Å². The Balaban J connectivity index is 2.05. The lowest BCUT2D eigenvalue weighted by Crippen LogP contribution is -2.45. The van der Waals surface area contributed by atoms with Crippen LogP contribution in [0.15, 0.2) is 12.4 Å². The third-order valence-electron chi connectivity index (χ3n) is 3.56. The zero-order valence-electron chi connectivity index (χ0n) is 12.0. The molecule has 2 heterocycles. The highest BCUT2D eigenvalue weighted by molar-refractivity contribution is 5.92. The lowest BCUT2D eigenvalue weighted by Gasteiger charge is -2.34. The van der Waals surface area contributed by atoms with Gasteiger partial charge in [0.15, 0.2) is 0 Å². The molecule has 1 aromatic heterocycles. The maximum atomic E-state index is 12.4. The maximum absolute atomic E-state index is 12.4. The molecule has 110 valence electrons. The molecule has 1 fully saturated rings. The van der Waals surface area contributed by atoms with Gasteiger partial charge in [-0.2, -0.15) is 0 Å². The molecule has 20 heavy (non-hydrogen) atoms. The topological polar surface area (TPSA) is 78.4 Å². The molecular formula is C14H22N4O2. The fraction of sp³-hybridized carbons (Fsp3) is 0.643. The largest absolute Gasteiger partial charge is 0.393 e. The Morgan fingerprint density at radius 1 is 1.55 bits per heavy atom. The quantitative estimate of drug-likeness (QED) is 0.863. The second-order valence-electron chi connectivity index (χ2n) is 5.30. The number of piperidine rings is 1. The van der Waals surface area contributed by atoms with Gasteiger partial charge >= 0.3 is 0 Å². The van der Waals surface area contributed by atoms with Gasteiger partial charge in [-0.15, -0.1) is 0 Å². The first-order chi connectivity index (χ1) is 9.61. The fourth-order valence-electron chi connectivity index (χ4n) is 2.29. The first-order valence-corrected chi connectivity index (χ1v) is 7.15. The first kappa shape index (κ1) is 14.7. The van der Waals surface area contributed by atoms with Crippen LogP contribution in [-0.4, -0.2) is 51.6 Å². The van der Waals surface area contributed by atoms with Gasteiger partial charge in [-0.1, -0.05) is 13.8 Å². The van der Waals surface area contributed by atoms with Crippen LogP contribution in [0, 0.1) is 5.92 Å². The van der Waals surface area contributed by atoms with Gasteiger partial charge in [0.1, 0.15) is 11.5 Å². The molecule has 0 saturated carbocycles.